The van der Waals surface area contributed by atoms with Crippen LogP contribution >= 0.6 is 0 Å². The van der Waals surface area contributed by atoms with E-state index >= 15 is 0 Å². The first-order chi connectivity index (χ1) is 9.87. The molecule has 0 saturated carbocycles. The van der Waals surface area contributed by atoms with Gasteiger partial charge < -0.3 is 10.0 Å². The minimum Gasteiger partial charge on any atom is -0.478 e. The van der Waals surface area contributed by atoms with E-state index in [9.17, 15) is 13.2 Å². The summed E-state index contributed by atoms with van der Waals surface area (Å²) >= 11 is 0. The lowest BCUT2D eigenvalue weighted by Gasteiger charge is -2.24. The molecule has 0 bridgehead atoms. The van der Waals surface area contributed by atoms with Gasteiger partial charge in [-0.3, -0.25) is 0 Å². The van der Waals surface area contributed by atoms with Gasteiger partial charge in [-0.15, -0.1) is 0 Å². The minimum absolute atomic E-state index is 0.142. The Kier molecular flexibility index (Phi) is 4.67. The van der Waals surface area contributed by atoms with E-state index < -0.39 is 15.8 Å². The minimum atomic E-state index is -2.96. The number of carboxylic acids is 1. The van der Waals surface area contributed by atoms with Gasteiger partial charge in [0.1, 0.15) is 0 Å². The fraction of sp³-hybridized carbons (Fsp3) is 0.400. The lowest BCUT2D eigenvalue weighted by Crippen LogP contribution is -2.27. The molecule has 6 heteroatoms. The molecule has 0 amide bonds. The lowest BCUT2D eigenvalue weighted by molar-refractivity contribution is -0.131. The van der Waals surface area contributed by atoms with Crippen LogP contribution in [0, 0.1) is 6.92 Å². The molecule has 0 unspecified atom stereocenters. The zero-order valence-electron chi connectivity index (χ0n) is 11.9. The summed E-state index contributed by atoms with van der Waals surface area (Å²) in [5.74, 6) is -0.639. The van der Waals surface area contributed by atoms with Crippen LogP contribution in [0.2, 0.25) is 0 Å². The number of aryl methyl sites for hydroxylation is 1. The van der Waals surface area contributed by atoms with E-state index in [1.807, 2.05) is 30.0 Å². The molecule has 1 heterocycles. The quantitative estimate of drug-likeness (QED) is 0.861. The predicted molar refractivity (Wildman–Crippen MR) is 83.3 cm³/mol. The van der Waals surface area contributed by atoms with Gasteiger partial charge in [-0.1, -0.05) is 11.6 Å². The van der Waals surface area contributed by atoms with Crippen molar-refractivity contribution in [1.29, 1.82) is 0 Å². The summed E-state index contributed by atoms with van der Waals surface area (Å²) < 4.78 is 23.4. The molecule has 0 spiro atoms. The van der Waals surface area contributed by atoms with Crippen LogP contribution in [-0.4, -0.2) is 44.1 Å². The van der Waals surface area contributed by atoms with Gasteiger partial charge in [0.05, 0.1) is 11.5 Å². The Morgan fingerprint density at radius 1 is 1.29 bits per heavy atom. The average Bonchev–Trinajstić information content (AvgIpc) is 2.57. The van der Waals surface area contributed by atoms with Crippen LogP contribution in [0.3, 0.4) is 0 Å². The van der Waals surface area contributed by atoms with Crippen LogP contribution < -0.4 is 4.90 Å². The van der Waals surface area contributed by atoms with Crippen molar-refractivity contribution >= 4 is 27.6 Å². The molecule has 114 valence electrons. The van der Waals surface area contributed by atoms with Crippen LogP contribution in [0.15, 0.2) is 24.3 Å². The van der Waals surface area contributed by atoms with Crippen molar-refractivity contribution in [2.75, 3.05) is 29.5 Å². The molecule has 1 aromatic carbocycles. The van der Waals surface area contributed by atoms with E-state index in [4.69, 9.17) is 5.11 Å². The largest absolute Gasteiger partial charge is 0.478 e. The summed E-state index contributed by atoms with van der Waals surface area (Å²) in [4.78, 5) is 12.7. The highest BCUT2D eigenvalue weighted by Crippen LogP contribution is 2.25. The predicted octanol–water partition coefficient (Wildman–Crippen LogP) is 1.72. The Morgan fingerprint density at radius 2 is 2.05 bits per heavy atom. The van der Waals surface area contributed by atoms with Crippen molar-refractivity contribution in [2.24, 2.45) is 0 Å². The first kappa shape index (κ1) is 15.6. The summed E-state index contributed by atoms with van der Waals surface area (Å²) in [7, 11) is -2.96. The molecule has 0 radical (unpaired) electrons. The fourth-order valence-electron chi connectivity index (χ4n) is 2.44. The summed E-state index contributed by atoms with van der Waals surface area (Å²) in [6, 6.07) is 5.79. The van der Waals surface area contributed by atoms with Gasteiger partial charge in [0.25, 0.3) is 0 Å². The first-order valence-electron chi connectivity index (χ1n) is 6.84. The average molecular weight is 309 g/mol. The smallest absolute Gasteiger partial charge is 0.328 e. The Hall–Kier alpha value is -1.82. The summed E-state index contributed by atoms with van der Waals surface area (Å²) in [5, 5.41) is 8.78. The first-order valence-corrected chi connectivity index (χ1v) is 8.66. The molecule has 1 fully saturated rings. The molecule has 21 heavy (non-hydrogen) atoms. The van der Waals surface area contributed by atoms with Crippen molar-refractivity contribution in [3.05, 3.63) is 35.4 Å². The highest BCUT2D eigenvalue weighted by Gasteiger charge is 2.20. The molecule has 1 saturated heterocycles. The van der Waals surface area contributed by atoms with Gasteiger partial charge in [-0.2, -0.15) is 0 Å². The van der Waals surface area contributed by atoms with Gasteiger partial charge in [0.15, 0.2) is 9.84 Å². The number of aliphatic carboxylic acids is 1. The zero-order chi connectivity index (χ0) is 15.5. The molecular weight excluding hydrogens is 290 g/mol. The third-order valence-electron chi connectivity index (χ3n) is 3.48. The molecule has 0 atom stereocenters. The molecule has 1 aliphatic rings. The van der Waals surface area contributed by atoms with E-state index in [-0.39, 0.29) is 11.5 Å². The van der Waals surface area contributed by atoms with E-state index in [0.717, 1.165) is 22.9 Å². The van der Waals surface area contributed by atoms with Crippen LogP contribution in [0.1, 0.15) is 17.5 Å². The topological polar surface area (TPSA) is 74.7 Å². The molecule has 1 aliphatic heterocycles. The molecule has 0 aromatic heterocycles. The van der Waals surface area contributed by atoms with Gasteiger partial charge in [0.2, 0.25) is 0 Å². The zero-order valence-corrected chi connectivity index (χ0v) is 12.8. The number of sulfone groups is 1. The molecule has 1 aromatic rings. The molecule has 0 aliphatic carbocycles. The fourth-order valence-corrected chi connectivity index (χ4v) is 3.71. The number of rotatable bonds is 3. The van der Waals surface area contributed by atoms with Crippen molar-refractivity contribution < 1.29 is 18.3 Å². The Bertz CT molecular complexity index is 664. The van der Waals surface area contributed by atoms with Crippen LogP contribution in [0.4, 0.5) is 5.69 Å². The molecule has 1 N–H and O–H groups in total. The Labute approximate surface area is 124 Å². The number of hydrogen-bond donors (Lipinski definition) is 1. The molecular formula is C15H19NO4S. The van der Waals surface area contributed by atoms with Gasteiger partial charge in [-0.25, -0.2) is 13.2 Å². The highest BCUT2D eigenvalue weighted by molar-refractivity contribution is 7.91. The molecule has 2 rings (SSSR count). The second-order valence-corrected chi connectivity index (χ2v) is 7.53. The Balaban J connectivity index is 2.32. The second kappa shape index (κ2) is 6.30. The van der Waals surface area contributed by atoms with Gasteiger partial charge >= 0.3 is 5.97 Å². The van der Waals surface area contributed by atoms with Crippen LogP contribution in [0.5, 0.6) is 0 Å². The number of nitrogens with zero attached hydrogens (tertiary/aromatic N) is 1. The number of carbonyl (C=O) groups is 1. The SMILES string of the molecule is Cc1ccc(N2CCCS(=O)(=O)CC2)c(/C=C/C(=O)O)c1. The van der Waals surface area contributed by atoms with Crippen molar-refractivity contribution in [2.45, 2.75) is 13.3 Å². The maximum atomic E-state index is 11.7. The van der Waals surface area contributed by atoms with E-state index in [1.54, 1.807) is 6.08 Å². The number of carboxylic acid groups (broad SMARTS) is 1. The maximum Gasteiger partial charge on any atom is 0.328 e. The standard InChI is InChI=1S/C15H19NO4S/c1-12-3-5-14(13(11-12)4-6-15(17)18)16-7-2-9-21(19,20)10-8-16/h3-6,11H,2,7-10H2,1H3,(H,17,18)/b6-4+. The Morgan fingerprint density at radius 3 is 2.76 bits per heavy atom. The summed E-state index contributed by atoms with van der Waals surface area (Å²) in [6.45, 7) is 3.05. The third kappa shape index (κ3) is 4.32. The van der Waals surface area contributed by atoms with Crippen molar-refractivity contribution in [1.82, 2.24) is 0 Å². The number of anilines is 1. The van der Waals surface area contributed by atoms with E-state index in [2.05, 4.69) is 0 Å². The number of benzene rings is 1. The van der Waals surface area contributed by atoms with Crippen molar-refractivity contribution in [3.8, 4) is 0 Å². The highest BCUT2D eigenvalue weighted by atomic mass is 32.2. The van der Waals surface area contributed by atoms with Crippen LogP contribution in [-0.2, 0) is 14.6 Å². The van der Waals surface area contributed by atoms with Crippen LogP contribution in [0.25, 0.3) is 6.08 Å². The lowest BCUT2D eigenvalue weighted by atomic mass is 10.1. The normalized spacial score (nSPS) is 18.6. The maximum absolute atomic E-state index is 11.7. The number of hydrogen-bond acceptors (Lipinski definition) is 4. The van der Waals surface area contributed by atoms with E-state index in [1.165, 1.54) is 0 Å². The van der Waals surface area contributed by atoms with E-state index in [0.29, 0.717) is 19.5 Å². The summed E-state index contributed by atoms with van der Waals surface area (Å²) in [6.07, 6.45) is 3.26. The second-order valence-electron chi connectivity index (χ2n) is 5.23. The molecule has 5 nitrogen and oxygen atoms in total. The monoisotopic (exact) mass is 309 g/mol. The van der Waals surface area contributed by atoms with Gasteiger partial charge in [0, 0.05) is 24.9 Å². The van der Waals surface area contributed by atoms with Crippen molar-refractivity contribution in [3.63, 3.8) is 0 Å². The summed E-state index contributed by atoms with van der Waals surface area (Å²) in [5.41, 5.74) is 2.72. The van der Waals surface area contributed by atoms with Gasteiger partial charge in [-0.05, 0) is 37.1 Å². The third-order valence-corrected chi connectivity index (χ3v) is 5.20.